The molecule has 32 heavy (non-hydrogen) atoms. The SMILES string of the molecule is CC(=O)NC1C(OCCOCCNC(=O)CCC(C(=O)O)=C(C)C)OC(CO)C(O)C1O. The molecule has 2 amide bonds. The lowest BCUT2D eigenvalue weighted by molar-refractivity contribution is -0.272. The van der Waals surface area contributed by atoms with Crippen molar-refractivity contribution in [1.82, 2.24) is 10.6 Å². The standard InChI is InChI=1S/C20H34N2O10/c1-11(2)13(19(28)29)4-5-15(25)21-6-7-30-8-9-31-20-16(22-12(3)24)18(27)17(26)14(10-23)32-20/h14,16-18,20,23,26-27H,4-10H2,1-3H3,(H,21,25)(H,22,24)(H,28,29). The number of aliphatic hydroxyl groups excluding tert-OH is 3. The molecule has 1 aliphatic heterocycles. The number of hydrogen-bond acceptors (Lipinski definition) is 9. The highest BCUT2D eigenvalue weighted by molar-refractivity contribution is 5.88. The van der Waals surface area contributed by atoms with Crippen LogP contribution in [0, 0.1) is 0 Å². The first-order chi connectivity index (χ1) is 15.1. The van der Waals surface area contributed by atoms with E-state index in [9.17, 15) is 29.7 Å². The number of carboxylic acid groups (broad SMARTS) is 1. The van der Waals surface area contributed by atoms with E-state index in [4.69, 9.17) is 19.3 Å². The summed E-state index contributed by atoms with van der Waals surface area (Å²) in [7, 11) is 0. The zero-order valence-corrected chi connectivity index (χ0v) is 18.6. The predicted molar refractivity (Wildman–Crippen MR) is 110 cm³/mol. The Bertz CT molecular complexity index is 665. The summed E-state index contributed by atoms with van der Waals surface area (Å²) in [5.41, 5.74) is 0.876. The Morgan fingerprint density at radius 1 is 1.00 bits per heavy atom. The Morgan fingerprint density at radius 3 is 2.25 bits per heavy atom. The van der Waals surface area contributed by atoms with Crippen LogP contribution in [0.3, 0.4) is 0 Å². The third kappa shape index (κ3) is 9.18. The lowest BCUT2D eigenvalue weighted by Crippen LogP contribution is -2.64. The van der Waals surface area contributed by atoms with Crippen molar-refractivity contribution in [3.63, 3.8) is 0 Å². The third-order valence-corrected chi connectivity index (χ3v) is 4.79. The molecule has 0 aromatic rings. The Kier molecular flexibility index (Phi) is 12.3. The summed E-state index contributed by atoms with van der Waals surface area (Å²) in [5.74, 6) is -1.77. The second-order valence-corrected chi connectivity index (χ2v) is 7.55. The van der Waals surface area contributed by atoms with Gasteiger partial charge in [-0.05, 0) is 20.3 Å². The average molecular weight is 462 g/mol. The maximum Gasteiger partial charge on any atom is 0.331 e. The maximum atomic E-state index is 11.8. The van der Waals surface area contributed by atoms with Crippen molar-refractivity contribution >= 4 is 17.8 Å². The van der Waals surface area contributed by atoms with Crippen LogP contribution < -0.4 is 10.6 Å². The van der Waals surface area contributed by atoms with Gasteiger partial charge in [0.2, 0.25) is 11.8 Å². The highest BCUT2D eigenvalue weighted by Gasteiger charge is 2.45. The van der Waals surface area contributed by atoms with E-state index in [1.54, 1.807) is 13.8 Å². The van der Waals surface area contributed by atoms with Crippen LogP contribution in [-0.4, -0.2) is 102 Å². The first-order valence-electron chi connectivity index (χ1n) is 10.3. The summed E-state index contributed by atoms with van der Waals surface area (Å²) in [4.78, 5) is 34.2. The van der Waals surface area contributed by atoms with Gasteiger partial charge in [-0.1, -0.05) is 5.57 Å². The van der Waals surface area contributed by atoms with E-state index in [-0.39, 0.29) is 50.7 Å². The highest BCUT2D eigenvalue weighted by Crippen LogP contribution is 2.22. The van der Waals surface area contributed by atoms with Gasteiger partial charge in [0.25, 0.3) is 0 Å². The molecule has 12 nitrogen and oxygen atoms in total. The van der Waals surface area contributed by atoms with Crippen molar-refractivity contribution in [1.29, 1.82) is 0 Å². The van der Waals surface area contributed by atoms with Gasteiger partial charge in [0, 0.05) is 25.5 Å². The monoisotopic (exact) mass is 462 g/mol. The molecular weight excluding hydrogens is 428 g/mol. The number of nitrogens with one attached hydrogen (secondary N) is 2. The van der Waals surface area contributed by atoms with Crippen molar-refractivity contribution < 1.29 is 49.0 Å². The molecule has 0 saturated carbocycles. The topological polar surface area (TPSA) is 184 Å². The number of ether oxygens (including phenoxy) is 3. The van der Waals surface area contributed by atoms with Crippen LogP contribution in [-0.2, 0) is 28.6 Å². The summed E-state index contributed by atoms with van der Waals surface area (Å²) in [6, 6.07) is -1.03. The molecule has 1 aliphatic rings. The van der Waals surface area contributed by atoms with Crippen LogP contribution in [0.15, 0.2) is 11.1 Å². The smallest absolute Gasteiger partial charge is 0.331 e. The Hall–Kier alpha value is -2.09. The molecule has 6 N–H and O–H groups in total. The molecule has 1 rings (SSSR count). The number of carboxylic acids is 1. The van der Waals surface area contributed by atoms with E-state index in [0.29, 0.717) is 5.57 Å². The van der Waals surface area contributed by atoms with E-state index < -0.39 is 49.1 Å². The third-order valence-electron chi connectivity index (χ3n) is 4.79. The fourth-order valence-corrected chi connectivity index (χ4v) is 3.10. The molecule has 0 radical (unpaired) electrons. The molecule has 12 heteroatoms. The van der Waals surface area contributed by atoms with Crippen LogP contribution in [0.2, 0.25) is 0 Å². The maximum absolute atomic E-state index is 11.8. The number of rotatable bonds is 13. The number of allylic oxidation sites excluding steroid dienone is 1. The minimum Gasteiger partial charge on any atom is -0.478 e. The molecule has 1 saturated heterocycles. The first-order valence-corrected chi connectivity index (χ1v) is 10.3. The summed E-state index contributed by atoms with van der Waals surface area (Å²) >= 11 is 0. The summed E-state index contributed by atoms with van der Waals surface area (Å²) < 4.78 is 16.3. The molecule has 184 valence electrons. The largest absolute Gasteiger partial charge is 0.478 e. The van der Waals surface area contributed by atoms with Crippen LogP contribution in [0.5, 0.6) is 0 Å². The highest BCUT2D eigenvalue weighted by atomic mass is 16.7. The Labute approximate surface area is 186 Å². The van der Waals surface area contributed by atoms with Gasteiger partial charge in [-0.25, -0.2) is 4.79 Å². The zero-order valence-electron chi connectivity index (χ0n) is 18.6. The number of aliphatic carboxylic acids is 1. The van der Waals surface area contributed by atoms with Crippen LogP contribution >= 0.6 is 0 Å². The minimum absolute atomic E-state index is 0.0260. The van der Waals surface area contributed by atoms with Crippen molar-refractivity contribution in [3.8, 4) is 0 Å². The molecule has 0 aromatic heterocycles. The van der Waals surface area contributed by atoms with Gasteiger partial charge < -0.3 is 45.3 Å². The van der Waals surface area contributed by atoms with Gasteiger partial charge in [-0.15, -0.1) is 0 Å². The predicted octanol–water partition coefficient (Wildman–Crippen LogP) is -1.72. The molecule has 5 unspecified atom stereocenters. The van der Waals surface area contributed by atoms with Gasteiger partial charge in [0.15, 0.2) is 6.29 Å². The molecule has 0 aromatic carbocycles. The molecular formula is C20H34N2O10. The number of carbonyl (C=O) groups is 3. The van der Waals surface area contributed by atoms with Crippen molar-refractivity contribution in [3.05, 3.63) is 11.1 Å². The van der Waals surface area contributed by atoms with Gasteiger partial charge in [0.05, 0.1) is 26.4 Å². The van der Waals surface area contributed by atoms with Crippen molar-refractivity contribution in [2.24, 2.45) is 0 Å². The van der Waals surface area contributed by atoms with Gasteiger partial charge >= 0.3 is 5.97 Å². The van der Waals surface area contributed by atoms with Gasteiger partial charge in [-0.2, -0.15) is 0 Å². The number of carbonyl (C=O) groups excluding carboxylic acids is 2. The van der Waals surface area contributed by atoms with Gasteiger partial charge in [0.1, 0.15) is 24.4 Å². The zero-order chi connectivity index (χ0) is 24.3. The Balaban J connectivity index is 2.31. The minimum atomic E-state index is -1.39. The fourth-order valence-electron chi connectivity index (χ4n) is 3.10. The molecule has 0 spiro atoms. The van der Waals surface area contributed by atoms with Gasteiger partial charge in [-0.3, -0.25) is 9.59 Å². The normalized spacial score (nSPS) is 25.1. The lowest BCUT2D eigenvalue weighted by Gasteiger charge is -2.42. The molecule has 0 aliphatic carbocycles. The second-order valence-electron chi connectivity index (χ2n) is 7.55. The first kappa shape index (κ1) is 27.9. The van der Waals surface area contributed by atoms with E-state index in [2.05, 4.69) is 10.6 Å². The quantitative estimate of drug-likeness (QED) is 0.136. The van der Waals surface area contributed by atoms with Crippen molar-refractivity contribution in [2.45, 2.75) is 64.3 Å². The van der Waals surface area contributed by atoms with E-state index >= 15 is 0 Å². The average Bonchev–Trinajstić information content (AvgIpc) is 2.71. The number of hydrogen-bond donors (Lipinski definition) is 6. The summed E-state index contributed by atoms with van der Waals surface area (Å²) in [5, 5.41) is 43.5. The molecule has 5 atom stereocenters. The Morgan fingerprint density at radius 2 is 1.69 bits per heavy atom. The molecule has 1 heterocycles. The lowest BCUT2D eigenvalue weighted by atomic mass is 9.97. The van der Waals surface area contributed by atoms with Crippen LogP contribution in [0.4, 0.5) is 0 Å². The number of aliphatic hydroxyl groups is 3. The van der Waals surface area contributed by atoms with Crippen LogP contribution in [0.1, 0.15) is 33.6 Å². The van der Waals surface area contributed by atoms with Crippen LogP contribution in [0.25, 0.3) is 0 Å². The summed E-state index contributed by atoms with van der Waals surface area (Å²) in [6.07, 6.45) is -4.75. The van der Waals surface area contributed by atoms with E-state index in [0.717, 1.165) is 0 Å². The number of amides is 2. The van der Waals surface area contributed by atoms with E-state index in [1.165, 1.54) is 6.92 Å². The van der Waals surface area contributed by atoms with Crippen molar-refractivity contribution in [2.75, 3.05) is 33.0 Å². The fraction of sp³-hybridized carbons (Fsp3) is 0.750. The van der Waals surface area contributed by atoms with E-state index in [1.807, 2.05) is 0 Å². The second kappa shape index (κ2) is 14.1. The molecule has 1 fully saturated rings. The molecule has 0 bridgehead atoms. The summed E-state index contributed by atoms with van der Waals surface area (Å²) in [6.45, 7) is 4.62.